The molecule has 1 aromatic carbocycles. The van der Waals surface area contributed by atoms with Gasteiger partial charge in [0.15, 0.2) is 0 Å². The molecule has 1 aliphatic heterocycles. The lowest BCUT2D eigenvalue weighted by molar-refractivity contribution is -0.159. The molecule has 0 radical (unpaired) electrons. The minimum Gasteiger partial charge on any atom is -0.488 e. The second kappa shape index (κ2) is 9.24. The number of halogens is 1. The summed E-state index contributed by atoms with van der Waals surface area (Å²) in [7, 11) is 5.85. The molecule has 138 valence electrons. The summed E-state index contributed by atoms with van der Waals surface area (Å²) < 4.78 is 5.96. The van der Waals surface area contributed by atoms with Gasteiger partial charge in [-0.25, -0.2) is 9.59 Å². The summed E-state index contributed by atoms with van der Waals surface area (Å²) in [6.45, 7) is 1.52. The van der Waals surface area contributed by atoms with Crippen LogP contribution in [0.25, 0.3) is 0 Å². The second-order valence-electron chi connectivity index (χ2n) is 5.77. The number of hydrogen-bond acceptors (Lipinski definition) is 5. The number of carbonyl (C=O) groups excluding carboxylic acids is 1. The fourth-order valence-electron chi connectivity index (χ4n) is 2.14. The molecule has 0 saturated heterocycles. The normalized spacial score (nSPS) is 16.3. The standard InChI is InChI=1S/C14H19ClN2O2.C2H2O4/c1-16(2)7-6-11-9-17(3)14(18)12-8-10(15)4-5-13(12)19-11;3-1(4)2(5)6/h4-5,8,11H,6-7,9H2,1-3H3;(H,3,4)(H,5,6). The number of rotatable bonds is 3. The van der Waals surface area contributed by atoms with Crippen molar-refractivity contribution in [1.29, 1.82) is 0 Å². The molecule has 9 heteroatoms. The Balaban J connectivity index is 0.000000450. The highest BCUT2D eigenvalue weighted by Crippen LogP contribution is 2.28. The van der Waals surface area contributed by atoms with E-state index in [9.17, 15) is 4.79 Å². The third-order valence-corrected chi connectivity index (χ3v) is 3.61. The highest BCUT2D eigenvalue weighted by molar-refractivity contribution is 6.31. The van der Waals surface area contributed by atoms with E-state index in [1.54, 1.807) is 30.1 Å². The number of ether oxygens (including phenoxy) is 1. The van der Waals surface area contributed by atoms with Crippen molar-refractivity contribution in [1.82, 2.24) is 9.80 Å². The lowest BCUT2D eigenvalue weighted by atomic mass is 10.2. The summed E-state index contributed by atoms with van der Waals surface area (Å²) in [5.74, 6) is -3.06. The number of fused-ring (bicyclic) bond motifs is 1. The summed E-state index contributed by atoms with van der Waals surface area (Å²) in [6, 6.07) is 5.20. The molecule has 1 amide bonds. The summed E-state index contributed by atoms with van der Waals surface area (Å²) in [6.07, 6.45) is 0.894. The second-order valence-corrected chi connectivity index (χ2v) is 6.20. The molecule has 0 saturated carbocycles. The van der Waals surface area contributed by atoms with E-state index in [4.69, 9.17) is 36.1 Å². The van der Waals surface area contributed by atoms with Gasteiger partial charge in [-0.05, 0) is 38.7 Å². The van der Waals surface area contributed by atoms with E-state index in [2.05, 4.69) is 4.90 Å². The molecule has 0 fully saturated rings. The van der Waals surface area contributed by atoms with Crippen molar-refractivity contribution in [3.05, 3.63) is 28.8 Å². The van der Waals surface area contributed by atoms with E-state index in [1.807, 2.05) is 14.1 Å². The van der Waals surface area contributed by atoms with E-state index in [-0.39, 0.29) is 12.0 Å². The Morgan fingerprint density at radius 2 is 1.92 bits per heavy atom. The number of amides is 1. The van der Waals surface area contributed by atoms with Gasteiger partial charge in [-0.3, -0.25) is 4.79 Å². The third-order valence-electron chi connectivity index (χ3n) is 3.37. The first-order chi connectivity index (χ1) is 11.6. The van der Waals surface area contributed by atoms with Gasteiger partial charge in [0.1, 0.15) is 11.9 Å². The van der Waals surface area contributed by atoms with Crippen LogP contribution in [0.1, 0.15) is 16.8 Å². The van der Waals surface area contributed by atoms with E-state index < -0.39 is 11.9 Å². The van der Waals surface area contributed by atoms with Crippen LogP contribution < -0.4 is 4.74 Å². The zero-order valence-corrected chi connectivity index (χ0v) is 15.0. The lowest BCUT2D eigenvalue weighted by Gasteiger charge is -2.22. The van der Waals surface area contributed by atoms with Crippen LogP contribution in [0.15, 0.2) is 18.2 Å². The maximum absolute atomic E-state index is 12.2. The molecule has 0 bridgehead atoms. The number of likely N-dealkylation sites (N-methyl/N-ethyl adjacent to an activating group) is 1. The fourth-order valence-corrected chi connectivity index (χ4v) is 2.31. The topological polar surface area (TPSA) is 107 Å². The van der Waals surface area contributed by atoms with Crippen LogP contribution in [0.3, 0.4) is 0 Å². The van der Waals surface area contributed by atoms with Crippen molar-refractivity contribution in [3.8, 4) is 5.75 Å². The van der Waals surface area contributed by atoms with Gasteiger partial charge in [0.2, 0.25) is 0 Å². The van der Waals surface area contributed by atoms with E-state index in [1.165, 1.54) is 0 Å². The van der Waals surface area contributed by atoms with Crippen molar-refractivity contribution in [2.24, 2.45) is 0 Å². The molecule has 2 N–H and O–H groups in total. The van der Waals surface area contributed by atoms with Gasteiger partial charge < -0.3 is 24.7 Å². The highest BCUT2D eigenvalue weighted by atomic mass is 35.5. The zero-order chi connectivity index (χ0) is 19.1. The number of nitrogens with zero attached hydrogens (tertiary/aromatic N) is 2. The number of carboxylic acid groups (broad SMARTS) is 2. The molecule has 25 heavy (non-hydrogen) atoms. The average Bonchev–Trinajstić information content (AvgIpc) is 2.64. The van der Waals surface area contributed by atoms with Gasteiger partial charge in [-0.1, -0.05) is 11.6 Å². The minimum atomic E-state index is -1.82. The summed E-state index contributed by atoms with van der Waals surface area (Å²) in [5, 5.41) is 15.3. The van der Waals surface area contributed by atoms with E-state index in [0.29, 0.717) is 22.9 Å². The number of carboxylic acids is 2. The Labute approximate surface area is 150 Å². The van der Waals surface area contributed by atoms with Crippen molar-refractivity contribution in [2.75, 3.05) is 34.2 Å². The van der Waals surface area contributed by atoms with Crippen LogP contribution in [0.4, 0.5) is 0 Å². The maximum Gasteiger partial charge on any atom is 0.414 e. The third kappa shape index (κ3) is 6.60. The van der Waals surface area contributed by atoms with Gasteiger partial charge in [0.25, 0.3) is 5.91 Å². The van der Waals surface area contributed by atoms with Crippen LogP contribution >= 0.6 is 11.6 Å². The molecule has 2 rings (SSSR count). The first-order valence-electron chi connectivity index (χ1n) is 7.44. The fraction of sp³-hybridized carbons (Fsp3) is 0.438. The molecule has 1 heterocycles. The van der Waals surface area contributed by atoms with Crippen LogP contribution in [-0.2, 0) is 9.59 Å². The van der Waals surface area contributed by atoms with Crippen molar-refractivity contribution in [3.63, 3.8) is 0 Å². The first kappa shape index (κ1) is 20.7. The predicted molar refractivity (Wildman–Crippen MR) is 91.3 cm³/mol. The molecule has 1 aromatic rings. The highest BCUT2D eigenvalue weighted by Gasteiger charge is 2.26. The van der Waals surface area contributed by atoms with Crippen LogP contribution in [0, 0.1) is 0 Å². The lowest BCUT2D eigenvalue weighted by Crippen LogP contribution is -2.35. The number of benzene rings is 1. The molecular formula is C16H21ClN2O6. The zero-order valence-electron chi connectivity index (χ0n) is 14.2. The van der Waals surface area contributed by atoms with E-state index in [0.717, 1.165) is 13.0 Å². The molecule has 0 aromatic heterocycles. The van der Waals surface area contributed by atoms with Crippen molar-refractivity contribution < 1.29 is 29.3 Å². The van der Waals surface area contributed by atoms with Gasteiger partial charge >= 0.3 is 11.9 Å². The molecule has 1 aliphatic rings. The smallest absolute Gasteiger partial charge is 0.414 e. The Morgan fingerprint density at radius 1 is 1.32 bits per heavy atom. The van der Waals surface area contributed by atoms with Crippen LogP contribution in [-0.4, -0.2) is 78.2 Å². The monoisotopic (exact) mass is 372 g/mol. The van der Waals surface area contributed by atoms with Gasteiger partial charge in [0, 0.05) is 18.6 Å². The van der Waals surface area contributed by atoms with E-state index >= 15 is 0 Å². The quantitative estimate of drug-likeness (QED) is 0.769. The van der Waals surface area contributed by atoms with Crippen LogP contribution in [0.5, 0.6) is 5.75 Å². The molecule has 1 atom stereocenters. The summed E-state index contributed by atoms with van der Waals surface area (Å²) in [4.78, 5) is 34.3. The average molecular weight is 373 g/mol. The predicted octanol–water partition coefficient (Wildman–Crippen LogP) is 1.28. The molecular weight excluding hydrogens is 352 g/mol. The Bertz CT molecular complexity index is 638. The number of carbonyl (C=O) groups is 3. The SMILES string of the molecule is CN(C)CCC1CN(C)C(=O)c2cc(Cl)ccc2O1.O=C(O)C(=O)O. The van der Waals surface area contributed by atoms with Gasteiger partial charge in [-0.2, -0.15) is 0 Å². The molecule has 0 aliphatic carbocycles. The molecule has 0 spiro atoms. The molecule has 8 nitrogen and oxygen atoms in total. The Kier molecular flexibility index (Phi) is 7.66. The summed E-state index contributed by atoms with van der Waals surface area (Å²) in [5.41, 5.74) is 0.544. The number of aliphatic carboxylic acids is 2. The Morgan fingerprint density at radius 3 is 2.44 bits per heavy atom. The summed E-state index contributed by atoms with van der Waals surface area (Å²) >= 11 is 5.95. The number of hydrogen-bond donors (Lipinski definition) is 2. The first-order valence-corrected chi connectivity index (χ1v) is 7.82. The van der Waals surface area contributed by atoms with Crippen molar-refractivity contribution >= 4 is 29.4 Å². The van der Waals surface area contributed by atoms with Crippen molar-refractivity contribution in [2.45, 2.75) is 12.5 Å². The van der Waals surface area contributed by atoms with Gasteiger partial charge in [0.05, 0.1) is 12.1 Å². The molecule has 1 unspecified atom stereocenters. The Hall–Kier alpha value is -2.32. The van der Waals surface area contributed by atoms with Gasteiger partial charge in [-0.15, -0.1) is 0 Å². The largest absolute Gasteiger partial charge is 0.488 e. The van der Waals surface area contributed by atoms with Crippen LogP contribution in [0.2, 0.25) is 5.02 Å². The maximum atomic E-state index is 12.2. The minimum absolute atomic E-state index is 0.0128.